The molecule has 0 radical (unpaired) electrons. The predicted molar refractivity (Wildman–Crippen MR) is 104 cm³/mol. The summed E-state index contributed by atoms with van der Waals surface area (Å²) in [5.41, 5.74) is 2.71. The van der Waals surface area contributed by atoms with Crippen molar-refractivity contribution >= 4 is 34.3 Å². The molecular formula is C19H15F3N4O2S. The highest BCUT2D eigenvalue weighted by Crippen LogP contribution is 2.31. The van der Waals surface area contributed by atoms with Crippen molar-refractivity contribution in [3.8, 4) is 5.75 Å². The Kier molecular flexibility index (Phi) is 6.13. The summed E-state index contributed by atoms with van der Waals surface area (Å²) in [5.74, 6) is -0.386. The minimum absolute atomic E-state index is 0.0373. The number of halogens is 3. The highest BCUT2D eigenvalue weighted by atomic mass is 32.1. The third-order valence-electron chi connectivity index (χ3n) is 3.66. The smallest absolute Gasteiger partial charge is 0.416 e. The molecular weight excluding hydrogens is 405 g/mol. The monoisotopic (exact) mass is 420 g/mol. The molecule has 3 aromatic rings. The number of alkyl halides is 3. The summed E-state index contributed by atoms with van der Waals surface area (Å²) in [4.78, 5) is 16.1. The molecule has 0 aliphatic rings. The molecule has 0 spiro atoms. The van der Waals surface area contributed by atoms with Gasteiger partial charge in [-0.25, -0.2) is 10.4 Å². The number of amides is 1. The Morgan fingerprint density at radius 2 is 2.00 bits per heavy atom. The van der Waals surface area contributed by atoms with Crippen molar-refractivity contribution in [1.29, 1.82) is 0 Å². The average molecular weight is 420 g/mol. The summed E-state index contributed by atoms with van der Waals surface area (Å²) in [6.07, 6.45) is -3.17. The Bertz CT molecular complexity index is 1030. The fourth-order valence-corrected chi connectivity index (χ4v) is 3.05. The number of hydrogen-bond acceptors (Lipinski definition) is 6. The second-order valence-corrected chi connectivity index (χ2v) is 6.73. The van der Waals surface area contributed by atoms with Gasteiger partial charge in [-0.2, -0.15) is 18.3 Å². The Morgan fingerprint density at radius 3 is 2.76 bits per heavy atom. The normalized spacial score (nSPS) is 11.6. The second kappa shape index (κ2) is 8.74. The number of para-hydroxylation sites is 1. The number of phenols is 1. The molecule has 0 unspecified atom stereocenters. The third kappa shape index (κ3) is 5.79. The van der Waals surface area contributed by atoms with Gasteiger partial charge in [0.15, 0.2) is 5.13 Å². The summed E-state index contributed by atoms with van der Waals surface area (Å²) < 4.78 is 38.3. The van der Waals surface area contributed by atoms with Gasteiger partial charge in [0.25, 0.3) is 0 Å². The van der Waals surface area contributed by atoms with E-state index in [1.54, 1.807) is 23.6 Å². The topological polar surface area (TPSA) is 86.6 Å². The molecule has 0 atom stereocenters. The number of anilines is 2. The quantitative estimate of drug-likeness (QED) is 0.410. The van der Waals surface area contributed by atoms with Crippen LogP contribution in [-0.4, -0.2) is 22.2 Å². The maximum atomic E-state index is 12.8. The zero-order valence-electron chi connectivity index (χ0n) is 14.8. The van der Waals surface area contributed by atoms with Crippen molar-refractivity contribution in [2.75, 3.05) is 5.32 Å². The van der Waals surface area contributed by atoms with Crippen LogP contribution < -0.4 is 10.7 Å². The third-order valence-corrected chi connectivity index (χ3v) is 4.47. The van der Waals surface area contributed by atoms with E-state index in [9.17, 15) is 23.1 Å². The van der Waals surface area contributed by atoms with Crippen LogP contribution in [0.25, 0.3) is 0 Å². The number of aromatic nitrogens is 1. The van der Waals surface area contributed by atoms with Gasteiger partial charge in [-0.3, -0.25) is 4.79 Å². The first-order valence-electron chi connectivity index (χ1n) is 8.30. The van der Waals surface area contributed by atoms with Gasteiger partial charge < -0.3 is 10.4 Å². The average Bonchev–Trinajstić information content (AvgIpc) is 3.09. The lowest BCUT2D eigenvalue weighted by Gasteiger charge is -2.08. The molecule has 6 nitrogen and oxygen atoms in total. The number of hydrazone groups is 1. The SMILES string of the molecule is O=C(Cc1csc(Nc2cccc(C(F)(F)F)c2)n1)N/N=C/c1ccccc1O. The van der Waals surface area contributed by atoms with Crippen LogP contribution >= 0.6 is 11.3 Å². The highest BCUT2D eigenvalue weighted by molar-refractivity contribution is 7.13. The molecule has 3 N–H and O–H groups in total. The molecule has 2 aromatic carbocycles. The molecule has 1 amide bonds. The largest absolute Gasteiger partial charge is 0.507 e. The minimum atomic E-state index is -4.43. The van der Waals surface area contributed by atoms with E-state index in [-0.39, 0.29) is 17.9 Å². The zero-order valence-corrected chi connectivity index (χ0v) is 15.6. The fourth-order valence-electron chi connectivity index (χ4n) is 2.32. The molecule has 10 heteroatoms. The van der Waals surface area contributed by atoms with Gasteiger partial charge in [-0.15, -0.1) is 11.3 Å². The number of thiazole rings is 1. The van der Waals surface area contributed by atoms with Crippen molar-refractivity contribution in [2.45, 2.75) is 12.6 Å². The first kappa shape index (κ1) is 20.3. The standard InChI is InChI=1S/C19H15F3N4O2S/c20-19(21,22)13-5-3-6-14(8-13)24-18-25-15(11-29-18)9-17(28)26-23-10-12-4-1-2-7-16(12)27/h1-8,10-11,27H,9H2,(H,24,25)(H,26,28)/b23-10+. The molecule has 0 saturated carbocycles. The van der Waals surface area contributed by atoms with Gasteiger partial charge in [0, 0.05) is 16.6 Å². The first-order valence-corrected chi connectivity index (χ1v) is 9.18. The lowest BCUT2D eigenvalue weighted by atomic mass is 10.2. The number of phenolic OH excluding ortho intramolecular Hbond substituents is 1. The molecule has 3 rings (SSSR count). The van der Waals surface area contributed by atoms with Crippen LogP contribution in [0.4, 0.5) is 24.0 Å². The van der Waals surface area contributed by atoms with E-state index < -0.39 is 17.6 Å². The van der Waals surface area contributed by atoms with Gasteiger partial charge in [0.2, 0.25) is 5.91 Å². The number of benzene rings is 2. The van der Waals surface area contributed by atoms with E-state index in [0.29, 0.717) is 16.4 Å². The maximum Gasteiger partial charge on any atom is 0.416 e. The Morgan fingerprint density at radius 1 is 1.21 bits per heavy atom. The predicted octanol–water partition coefficient (Wildman–Crippen LogP) is 4.30. The van der Waals surface area contributed by atoms with Crippen LogP contribution in [-0.2, 0) is 17.4 Å². The number of aromatic hydroxyl groups is 1. The van der Waals surface area contributed by atoms with E-state index in [1.807, 2.05) is 0 Å². The zero-order chi connectivity index (χ0) is 20.9. The lowest BCUT2D eigenvalue weighted by Crippen LogP contribution is -2.19. The highest BCUT2D eigenvalue weighted by Gasteiger charge is 2.30. The maximum absolute atomic E-state index is 12.8. The van der Waals surface area contributed by atoms with Crippen LogP contribution in [0.15, 0.2) is 59.0 Å². The van der Waals surface area contributed by atoms with Crippen molar-refractivity contribution in [2.24, 2.45) is 5.10 Å². The number of nitrogens with one attached hydrogen (secondary N) is 2. The van der Waals surface area contributed by atoms with Gasteiger partial charge in [-0.1, -0.05) is 18.2 Å². The Labute approximate surface area is 167 Å². The van der Waals surface area contributed by atoms with Crippen LogP contribution in [0.5, 0.6) is 5.75 Å². The van der Waals surface area contributed by atoms with E-state index >= 15 is 0 Å². The van der Waals surface area contributed by atoms with Gasteiger partial charge in [0.05, 0.1) is 23.9 Å². The van der Waals surface area contributed by atoms with Crippen molar-refractivity contribution < 1.29 is 23.1 Å². The van der Waals surface area contributed by atoms with E-state index in [1.165, 1.54) is 35.8 Å². The molecule has 29 heavy (non-hydrogen) atoms. The van der Waals surface area contributed by atoms with E-state index in [0.717, 1.165) is 12.1 Å². The lowest BCUT2D eigenvalue weighted by molar-refractivity contribution is -0.137. The Hall–Kier alpha value is -3.40. The molecule has 1 aromatic heterocycles. The van der Waals surface area contributed by atoms with Gasteiger partial charge in [0.1, 0.15) is 5.75 Å². The summed E-state index contributed by atoms with van der Waals surface area (Å²) in [7, 11) is 0. The fraction of sp³-hybridized carbons (Fsp3) is 0.105. The van der Waals surface area contributed by atoms with E-state index in [2.05, 4.69) is 20.8 Å². The van der Waals surface area contributed by atoms with Gasteiger partial charge in [-0.05, 0) is 30.3 Å². The van der Waals surface area contributed by atoms with Crippen LogP contribution in [0, 0.1) is 0 Å². The first-order chi connectivity index (χ1) is 13.8. The van der Waals surface area contributed by atoms with Crippen LogP contribution in [0.2, 0.25) is 0 Å². The van der Waals surface area contributed by atoms with E-state index in [4.69, 9.17) is 0 Å². The van der Waals surface area contributed by atoms with Crippen LogP contribution in [0.3, 0.4) is 0 Å². The summed E-state index contributed by atoms with van der Waals surface area (Å²) >= 11 is 1.17. The van der Waals surface area contributed by atoms with Crippen molar-refractivity contribution in [1.82, 2.24) is 10.4 Å². The molecule has 150 valence electrons. The number of nitrogens with zero attached hydrogens (tertiary/aromatic N) is 2. The Balaban J connectivity index is 1.56. The van der Waals surface area contributed by atoms with Crippen molar-refractivity contribution in [3.63, 3.8) is 0 Å². The van der Waals surface area contributed by atoms with Crippen molar-refractivity contribution in [3.05, 3.63) is 70.7 Å². The number of rotatable bonds is 6. The molecule has 0 aliphatic carbocycles. The summed E-state index contributed by atoms with van der Waals surface area (Å²) in [6.45, 7) is 0. The summed E-state index contributed by atoms with van der Waals surface area (Å²) in [5, 5.41) is 18.2. The number of hydrogen-bond donors (Lipinski definition) is 3. The van der Waals surface area contributed by atoms with Gasteiger partial charge >= 0.3 is 6.18 Å². The number of carbonyl (C=O) groups excluding carboxylic acids is 1. The molecule has 0 saturated heterocycles. The molecule has 1 heterocycles. The molecule has 0 bridgehead atoms. The van der Waals surface area contributed by atoms with Crippen LogP contribution in [0.1, 0.15) is 16.8 Å². The molecule has 0 aliphatic heterocycles. The minimum Gasteiger partial charge on any atom is -0.507 e. The number of carbonyl (C=O) groups is 1. The summed E-state index contributed by atoms with van der Waals surface area (Å²) in [6, 6.07) is 11.3. The molecule has 0 fully saturated rings. The second-order valence-electron chi connectivity index (χ2n) is 5.88.